The van der Waals surface area contributed by atoms with Crippen molar-refractivity contribution in [3.63, 3.8) is 0 Å². The summed E-state index contributed by atoms with van der Waals surface area (Å²) >= 11 is 0. The van der Waals surface area contributed by atoms with E-state index in [2.05, 4.69) is 20.3 Å². The van der Waals surface area contributed by atoms with Gasteiger partial charge in [0, 0.05) is 31.0 Å². The molecule has 3 aromatic heterocycles. The lowest BCUT2D eigenvalue weighted by atomic mass is 10.0. The lowest BCUT2D eigenvalue weighted by molar-refractivity contribution is -0.137. The molecule has 0 radical (unpaired) electrons. The summed E-state index contributed by atoms with van der Waals surface area (Å²) in [5, 5.41) is 3.07. The average molecular weight is 474 g/mol. The Labute approximate surface area is 192 Å². The van der Waals surface area contributed by atoms with Crippen LogP contribution in [0.4, 0.5) is 23.4 Å². The van der Waals surface area contributed by atoms with Crippen LogP contribution in [0.25, 0.3) is 5.69 Å². The Balaban J connectivity index is 1.37. The highest BCUT2D eigenvalue weighted by Gasteiger charge is 2.47. The first kappa shape index (κ1) is 22.3. The molecule has 0 bridgehead atoms. The number of pyridine rings is 2. The van der Waals surface area contributed by atoms with Gasteiger partial charge in [-0.1, -0.05) is 0 Å². The van der Waals surface area contributed by atoms with E-state index >= 15 is 0 Å². The molecular formula is C23H22F4N6O. The lowest BCUT2D eigenvalue weighted by Crippen LogP contribution is -2.48. The number of nitrogens with one attached hydrogen (secondary N) is 1. The lowest BCUT2D eigenvalue weighted by Gasteiger charge is -2.36. The van der Waals surface area contributed by atoms with Crippen LogP contribution in [0.5, 0.6) is 0 Å². The Hall–Kier alpha value is -3.50. The number of imidazole rings is 1. The molecule has 1 N–H and O–H groups in total. The number of hydrogen-bond acceptors (Lipinski definition) is 5. The molecule has 1 saturated heterocycles. The Morgan fingerprint density at radius 1 is 1.15 bits per heavy atom. The monoisotopic (exact) mass is 474 g/mol. The highest BCUT2D eigenvalue weighted by atomic mass is 19.4. The molecule has 34 heavy (non-hydrogen) atoms. The summed E-state index contributed by atoms with van der Waals surface area (Å²) in [7, 11) is 0. The largest absolute Gasteiger partial charge is 0.417 e. The van der Waals surface area contributed by atoms with Crippen LogP contribution in [-0.4, -0.2) is 49.5 Å². The fourth-order valence-electron chi connectivity index (χ4n) is 4.51. The molecule has 11 heteroatoms. The summed E-state index contributed by atoms with van der Waals surface area (Å²) in [4.78, 5) is 27.4. The predicted molar refractivity (Wildman–Crippen MR) is 115 cm³/mol. The van der Waals surface area contributed by atoms with Gasteiger partial charge in [0.1, 0.15) is 12.1 Å². The minimum Gasteiger partial charge on any atom is -0.368 e. The minimum absolute atomic E-state index is 0.185. The molecule has 3 aromatic rings. The van der Waals surface area contributed by atoms with Crippen LogP contribution >= 0.6 is 0 Å². The molecule has 1 saturated carbocycles. The molecule has 5 rings (SSSR count). The quantitative estimate of drug-likeness (QED) is 0.564. The van der Waals surface area contributed by atoms with Gasteiger partial charge in [-0.2, -0.15) is 17.6 Å². The maximum Gasteiger partial charge on any atom is 0.417 e. The molecule has 3 atom stereocenters. The fourth-order valence-corrected chi connectivity index (χ4v) is 4.51. The second-order valence-corrected chi connectivity index (χ2v) is 8.84. The van der Waals surface area contributed by atoms with Gasteiger partial charge < -0.3 is 14.8 Å². The van der Waals surface area contributed by atoms with Gasteiger partial charge in [-0.05, 0) is 55.9 Å². The number of piperidine rings is 1. The van der Waals surface area contributed by atoms with Crippen molar-refractivity contribution in [3.8, 4) is 5.69 Å². The van der Waals surface area contributed by atoms with Crippen LogP contribution in [0.2, 0.25) is 0 Å². The highest BCUT2D eigenvalue weighted by Crippen LogP contribution is 2.47. The van der Waals surface area contributed by atoms with Crippen LogP contribution in [-0.2, 0) is 6.18 Å². The molecule has 1 aliphatic heterocycles. The van der Waals surface area contributed by atoms with Crippen LogP contribution in [0.3, 0.4) is 0 Å². The maximum absolute atomic E-state index is 13.7. The molecular weight excluding hydrogens is 452 g/mol. The van der Waals surface area contributed by atoms with Crippen molar-refractivity contribution >= 4 is 11.7 Å². The Bertz CT molecular complexity index is 1210. The van der Waals surface area contributed by atoms with E-state index in [9.17, 15) is 22.4 Å². The van der Waals surface area contributed by atoms with E-state index in [-0.39, 0.29) is 17.6 Å². The van der Waals surface area contributed by atoms with Gasteiger partial charge in [0.2, 0.25) is 5.95 Å². The third-order valence-corrected chi connectivity index (χ3v) is 6.43. The number of carbonyl (C=O) groups excluding carboxylic acids is 1. The van der Waals surface area contributed by atoms with E-state index in [1.807, 2.05) is 0 Å². The predicted octanol–water partition coefficient (Wildman–Crippen LogP) is 4.09. The number of likely N-dealkylation sites (tertiary alicyclic amines) is 1. The van der Waals surface area contributed by atoms with Crippen LogP contribution in [0, 0.1) is 24.7 Å². The number of rotatable bonds is 5. The third-order valence-electron chi connectivity index (χ3n) is 6.43. The number of alkyl halides is 3. The van der Waals surface area contributed by atoms with Crippen molar-refractivity contribution in [2.24, 2.45) is 11.8 Å². The minimum atomic E-state index is -4.45. The Morgan fingerprint density at radius 3 is 2.65 bits per heavy atom. The zero-order valence-electron chi connectivity index (χ0n) is 18.3. The number of fused-ring (bicyclic) bond motifs is 1. The van der Waals surface area contributed by atoms with E-state index in [0.29, 0.717) is 42.1 Å². The first-order valence-electron chi connectivity index (χ1n) is 10.9. The number of halogens is 4. The van der Waals surface area contributed by atoms with Gasteiger partial charge in [0.25, 0.3) is 5.91 Å². The van der Waals surface area contributed by atoms with E-state index in [0.717, 1.165) is 25.1 Å². The summed E-state index contributed by atoms with van der Waals surface area (Å²) in [6.07, 6.45) is 0.642. The van der Waals surface area contributed by atoms with Crippen molar-refractivity contribution < 1.29 is 22.4 Å². The van der Waals surface area contributed by atoms with Crippen LogP contribution in [0.1, 0.15) is 34.6 Å². The van der Waals surface area contributed by atoms with Crippen molar-refractivity contribution in [1.29, 1.82) is 0 Å². The molecule has 2 fully saturated rings. The molecule has 1 unspecified atom stereocenters. The first-order chi connectivity index (χ1) is 16.2. The average Bonchev–Trinajstić information content (AvgIpc) is 3.44. The summed E-state index contributed by atoms with van der Waals surface area (Å²) in [6.45, 7) is 2.69. The highest BCUT2D eigenvalue weighted by molar-refractivity contribution is 5.96. The van der Waals surface area contributed by atoms with Gasteiger partial charge in [-0.25, -0.2) is 15.0 Å². The van der Waals surface area contributed by atoms with E-state index in [1.165, 1.54) is 23.2 Å². The van der Waals surface area contributed by atoms with E-state index in [1.54, 1.807) is 24.0 Å². The molecule has 1 amide bonds. The third kappa shape index (κ3) is 4.46. The van der Waals surface area contributed by atoms with Crippen LogP contribution < -0.4 is 5.32 Å². The summed E-state index contributed by atoms with van der Waals surface area (Å²) in [5.41, 5.74) is 0.468. The Morgan fingerprint density at radius 2 is 1.97 bits per heavy atom. The molecule has 7 nitrogen and oxygen atoms in total. The van der Waals surface area contributed by atoms with Crippen LogP contribution in [0.15, 0.2) is 43.0 Å². The molecule has 4 heterocycles. The molecule has 2 aliphatic rings. The number of hydrogen-bond donors (Lipinski definition) is 1. The summed E-state index contributed by atoms with van der Waals surface area (Å²) < 4.78 is 53.3. The Kier molecular flexibility index (Phi) is 5.49. The van der Waals surface area contributed by atoms with E-state index in [4.69, 9.17) is 0 Å². The molecule has 0 spiro atoms. The van der Waals surface area contributed by atoms with Crippen molar-refractivity contribution in [1.82, 2.24) is 24.4 Å². The number of aryl methyl sites for hydroxylation is 1. The van der Waals surface area contributed by atoms with Gasteiger partial charge >= 0.3 is 6.18 Å². The molecule has 0 aromatic carbocycles. The number of anilines is 1. The second-order valence-electron chi connectivity index (χ2n) is 8.84. The zero-order valence-corrected chi connectivity index (χ0v) is 18.3. The number of aromatic nitrogens is 4. The topological polar surface area (TPSA) is 75.9 Å². The van der Waals surface area contributed by atoms with Gasteiger partial charge in [0.15, 0.2) is 5.69 Å². The summed E-state index contributed by atoms with van der Waals surface area (Å²) in [5.74, 6) is 0.336. The fraction of sp³-hybridized carbons (Fsp3) is 0.391. The van der Waals surface area contributed by atoms with Crippen molar-refractivity contribution in [3.05, 3.63) is 65.9 Å². The van der Waals surface area contributed by atoms with Crippen molar-refractivity contribution in [2.75, 3.05) is 18.4 Å². The zero-order chi connectivity index (χ0) is 24.0. The summed E-state index contributed by atoms with van der Waals surface area (Å²) in [6, 6.07) is 5.52. The number of nitrogens with zero attached hydrogens (tertiary/aromatic N) is 5. The van der Waals surface area contributed by atoms with Crippen molar-refractivity contribution in [2.45, 2.75) is 32.0 Å². The van der Waals surface area contributed by atoms with Gasteiger partial charge in [-0.15, -0.1) is 0 Å². The SMILES string of the molecule is Cc1ccc(-n2cnc(F)c2)c(C(=O)N2C[C@@H]3CC3C[C@H]2CNc2ccc(C(F)(F)F)cn2)n1. The first-order valence-corrected chi connectivity index (χ1v) is 10.9. The normalized spacial score (nSPS) is 21.8. The standard InChI is InChI=1S/C23H22F4N6O/c1-13-2-4-18(32-11-19(24)30-12-32)21(31-13)22(34)33-10-15-6-14(15)7-17(33)9-29-20-5-3-16(8-28-20)23(25,26)27/h2-5,8,11-12,14-15,17H,6-7,9-10H2,1H3,(H,28,29)/t14?,15-,17-/m0/s1. The molecule has 1 aliphatic carbocycles. The second kappa shape index (κ2) is 8.37. The van der Waals surface area contributed by atoms with E-state index < -0.39 is 17.7 Å². The maximum atomic E-state index is 13.7. The van der Waals surface area contributed by atoms with Gasteiger partial charge in [0.05, 0.1) is 17.4 Å². The van der Waals surface area contributed by atoms with Gasteiger partial charge in [-0.3, -0.25) is 4.79 Å². The number of amides is 1. The smallest absolute Gasteiger partial charge is 0.368 e. The number of carbonyl (C=O) groups is 1. The molecule has 178 valence electrons.